The van der Waals surface area contributed by atoms with Crippen LogP contribution in [0.1, 0.15) is 34.9 Å². The first-order valence-corrected chi connectivity index (χ1v) is 9.56. The first kappa shape index (κ1) is 18.4. The van der Waals surface area contributed by atoms with Crippen LogP contribution < -0.4 is 10.1 Å². The minimum absolute atomic E-state index is 0.0478. The molecule has 1 fully saturated rings. The van der Waals surface area contributed by atoms with Gasteiger partial charge in [0.15, 0.2) is 0 Å². The summed E-state index contributed by atoms with van der Waals surface area (Å²) in [6, 6.07) is 6.65. The Labute approximate surface area is 157 Å². The molecule has 1 aromatic heterocycles. The summed E-state index contributed by atoms with van der Waals surface area (Å²) in [7, 11) is 0. The van der Waals surface area contributed by atoms with E-state index in [9.17, 15) is 9.59 Å². The van der Waals surface area contributed by atoms with Crippen molar-refractivity contribution < 1.29 is 14.3 Å². The van der Waals surface area contributed by atoms with E-state index in [1.54, 1.807) is 34.4 Å². The molecule has 1 unspecified atom stereocenters. The van der Waals surface area contributed by atoms with Gasteiger partial charge in [-0.2, -0.15) is 0 Å². The molecule has 2 amide bonds. The number of carbonyl (C=O) groups is 2. The fourth-order valence-electron chi connectivity index (χ4n) is 3.09. The lowest BCUT2D eigenvalue weighted by Crippen LogP contribution is -2.59. The number of piperazine rings is 1. The molecule has 0 saturated carbocycles. The second kappa shape index (κ2) is 7.86. The molecule has 6 nitrogen and oxygen atoms in total. The van der Waals surface area contributed by atoms with Gasteiger partial charge in [-0.25, -0.2) is 4.98 Å². The Morgan fingerprint density at radius 2 is 2.27 bits per heavy atom. The Kier molecular flexibility index (Phi) is 5.56. The summed E-state index contributed by atoms with van der Waals surface area (Å²) in [6.45, 7) is 7.20. The number of carbonyl (C=O) groups excluding carboxylic acids is 2. The molecule has 1 saturated heterocycles. The Hall–Kier alpha value is -2.41. The van der Waals surface area contributed by atoms with E-state index in [-0.39, 0.29) is 17.7 Å². The molecular weight excluding hydrogens is 350 g/mol. The lowest BCUT2D eigenvalue weighted by Gasteiger charge is -2.37. The number of amides is 2. The van der Waals surface area contributed by atoms with Crippen LogP contribution in [0.25, 0.3) is 0 Å². The molecule has 0 aliphatic carbocycles. The molecule has 1 atom stereocenters. The summed E-state index contributed by atoms with van der Waals surface area (Å²) in [5.41, 5.74) is 1.40. The first-order chi connectivity index (χ1) is 12.5. The summed E-state index contributed by atoms with van der Waals surface area (Å²) in [5.74, 6) is 0.426. The Bertz CT molecular complexity index is 803. The molecule has 0 bridgehead atoms. The van der Waals surface area contributed by atoms with Gasteiger partial charge in [-0.15, -0.1) is 11.3 Å². The molecule has 1 aliphatic rings. The van der Waals surface area contributed by atoms with Gasteiger partial charge in [0.25, 0.3) is 5.91 Å². The molecule has 3 rings (SSSR count). The first-order valence-electron chi connectivity index (χ1n) is 8.68. The monoisotopic (exact) mass is 373 g/mol. The molecule has 7 heteroatoms. The number of rotatable bonds is 5. The van der Waals surface area contributed by atoms with Crippen LogP contribution in [-0.2, 0) is 11.4 Å². The van der Waals surface area contributed by atoms with E-state index < -0.39 is 6.04 Å². The molecule has 2 heterocycles. The number of benzene rings is 1. The summed E-state index contributed by atoms with van der Waals surface area (Å²) in [4.78, 5) is 31.2. The number of hydrogen-bond donors (Lipinski definition) is 1. The topological polar surface area (TPSA) is 71.5 Å². The summed E-state index contributed by atoms with van der Waals surface area (Å²) in [6.07, 6.45) is 0. The highest BCUT2D eigenvalue weighted by Crippen LogP contribution is 2.21. The van der Waals surface area contributed by atoms with Crippen molar-refractivity contribution in [2.24, 2.45) is 5.92 Å². The van der Waals surface area contributed by atoms with Crippen molar-refractivity contribution in [2.45, 2.75) is 33.4 Å². The van der Waals surface area contributed by atoms with E-state index in [4.69, 9.17) is 4.74 Å². The third kappa shape index (κ3) is 4.04. The van der Waals surface area contributed by atoms with Crippen LogP contribution in [0.2, 0.25) is 0 Å². The minimum atomic E-state index is -0.446. The molecule has 2 aromatic rings. The summed E-state index contributed by atoms with van der Waals surface area (Å²) in [5, 5.41) is 5.80. The molecule has 1 aromatic carbocycles. The third-order valence-electron chi connectivity index (χ3n) is 4.28. The van der Waals surface area contributed by atoms with E-state index in [0.717, 1.165) is 10.7 Å². The fraction of sp³-hybridized carbons (Fsp3) is 0.421. The van der Waals surface area contributed by atoms with Crippen molar-refractivity contribution in [3.05, 3.63) is 45.9 Å². The van der Waals surface area contributed by atoms with E-state index in [1.807, 2.05) is 32.2 Å². The predicted molar refractivity (Wildman–Crippen MR) is 100 cm³/mol. The van der Waals surface area contributed by atoms with Crippen molar-refractivity contribution in [1.29, 1.82) is 0 Å². The van der Waals surface area contributed by atoms with Crippen LogP contribution in [0.4, 0.5) is 0 Å². The number of aryl methyl sites for hydroxylation is 1. The third-order valence-corrected chi connectivity index (χ3v) is 5.11. The van der Waals surface area contributed by atoms with Crippen molar-refractivity contribution in [2.75, 3.05) is 13.1 Å². The molecular formula is C19H23N3O3S. The number of nitrogens with zero attached hydrogens (tertiary/aromatic N) is 2. The molecule has 0 spiro atoms. The minimum Gasteiger partial charge on any atom is -0.487 e. The number of ether oxygens (including phenoxy) is 1. The Morgan fingerprint density at radius 1 is 1.46 bits per heavy atom. The molecule has 0 radical (unpaired) electrons. The van der Waals surface area contributed by atoms with E-state index in [2.05, 4.69) is 10.3 Å². The summed E-state index contributed by atoms with van der Waals surface area (Å²) >= 11 is 1.58. The molecule has 1 N–H and O–H groups in total. The van der Waals surface area contributed by atoms with Crippen molar-refractivity contribution in [3.8, 4) is 5.75 Å². The zero-order valence-corrected chi connectivity index (χ0v) is 16.0. The quantitative estimate of drug-likeness (QED) is 0.875. The van der Waals surface area contributed by atoms with Gasteiger partial charge in [0.2, 0.25) is 5.91 Å². The normalized spacial score (nSPS) is 17.3. The van der Waals surface area contributed by atoms with Crippen LogP contribution in [0.3, 0.4) is 0 Å². The smallest absolute Gasteiger partial charge is 0.254 e. The van der Waals surface area contributed by atoms with Crippen molar-refractivity contribution in [3.63, 3.8) is 0 Å². The average molecular weight is 373 g/mol. The number of aromatic nitrogens is 1. The Balaban J connectivity index is 1.73. The SMILES string of the molecule is Cc1nc(COc2cccc(C(=O)N3CCNC(=O)C3C(C)C)c2)cs1. The van der Waals surface area contributed by atoms with E-state index >= 15 is 0 Å². The van der Waals surface area contributed by atoms with Crippen LogP contribution in [0, 0.1) is 12.8 Å². The fourth-order valence-corrected chi connectivity index (χ4v) is 3.69. The molecule has 138 valence electrons. The lowest BCUT2D eigenvalue weighted by molar-refractivity contribution is -0.129. The maximum atomic E-state index is 13.0. The van der Waals surface area contributed by atoms with Crippen LogP contribution in [0.15, 0.2) is 29.6 Å². The highest BCUT2D eigenvalue weighted by Gasteiger charge is 2.35. The van der Waals surface area contributed by atoms with Crippen LogP contribution >= 0.6 is 11.3 Å². The average Bonchev–Trinajstić information content (AvgIpc) is 3.04. The maximum absolute atomic E-state index is 13.0. The summed E-state index contributed by atoms with van der Waals surface area (Å²) < 4.78 is 5.77. The van der Waals surface area contributed by atoms with Gasteiger partial charge in [0.05, 0.1) is 10.7 Å². The second-order valence-electron chi connectivity index (χ2n) is 6.65. The zero-order valence-electron chi connectivity index (χ0n) is 15.2. The second-order valence-corrected chi connectivity index (χ2v) is 7.72. The highest BCUT2D eigenvalue weighted by molar-refractivity contribution is 7.09. The number of hydrogen-bond acceptors (Lipinski definition) is 5. The van der Waals surface area contributed by atoms with Crippen molar-refractivity contribution >= 4 is 23.2 Å². The van der Waals surface area contributed by atoms with Gasteiger partial charge in [0.1, 0.15) is 18.4 Å². The number of nitrogens with one attached hydrogen (secondary N) is 1. The van der Waals surface area contributed by atoms with Crippen LogP contribution in [0.5, 0.6) is 5.75 Å². The molecule has 1 aliphatic heterocycles. The zero-order chi connectivity index (χ0) is 18.7. The van der Waals surface area contributed by atoms with Gasteiger partial charge in [0, 0.05) is 24.0 Å². The van der Waals surface area contributed by atoms with Crippen molar-refractivity contribution in [1.82, 2.24) is 15.2 Å². The van der Waals surface area contributed by atoms with Gasteiger partial charge < -0.3 is 15.0 Å². The highest BCUT2D eigenvalue weighted by atomic mass is 32.1. The van der Waals surface area contributed by atoms with Gasteiger partial charge in [-0.1, -0.05) is 19.9 Å². The van der Waals surface area contributed by atoms with Gasteiger partial charge >= 0.3 is 0 Å². The van der Waals surface area contributed by atoms with E-state index in [1.165, 1.54) is 0 Å². The maximum Gasteiger partial charge on any atom is 0.254 e. The van der Waals surface area contributed by atoms with Gasteiger partial charge in [-0.3, -0.25) is 9.59 Å². The van der Waals surface area contributed by atoms with E-state index in [0.29, 0.717) is 31.0 Å². The Morgan fingerprint density at radius 3 is 2.96 bits per heavy atom. The van der Waals surface area contributed by atoms with Gasteiger partial charge in [-0.05, 0) is 31.0 Å². The van der Waals surface area contributed by atoms with Crippen LogP contribution in [-0.4, -0.2) is 40.8 Å². The lowest BCUT2D eigenvalue weighted by atomic mass is 9.98. The largest absolute Gasteiger partial charge is 0.487 e. The predicted octanol–water partition coefficient (Wildman–Crippen LogP) is 2.63. The molecule has 26 heavy (non-hydrogen) atoms. The number of thiazole rings is 1. The standard InChI is InChI=1S/C19H23N3O3S/c1-12(2)17-18(23)20-7-8-22(17)19(24)14-5-4-6-16(9-14)25-10-15-11-26-13(3)21-15/h4-6,9,11-12,17H,7-8,10H2,1-3H3,(H,20,23).